The van der Waals surface area contributed by atoms with Crippen molar-refractivity contribution in [3.63, 3.8) is 0 Å². The van der Waals surface area contributed by atoms with E-state index in [9.17, 15) is 0 Å². The smallest absolute Gasteiger partial charge is 0.0815 e. The van der Waals surface area contributed by atoms with Gasteiger partial charge in [-0.05, 0) is 39.7 Å². The molecule has 0 N–H and O–H groups in total. The Labute approximate surface area is 132 Å². The number of hydrogen-bond donors (Lipinski definition) is 0. The van der Waals surface area contributed by atoms with Gasteiger partial charge in [-0.1, -0.05) is 27.7 Å². The van der Waals surface area contributed by atoms with E-state index < -0.39 is 0 Å². The highest BCUT2D eigenvalue weighted by Gasteiger charge is 2.01. The van der Waals surface area contributed by atoms with Gasteiger partial charge in [0, 0.05) is 17.7 Å². The minimum Gasteiger partial charge on any atom is -0.245 e. The average molecular weight is 338 g/mol. The van der Waals surface area contributed by atoms with Crippen molar-refractivity contribution < 1.29 is 0 Å². The Morgan fingerprint density at radius 3 is 2.95 bits per heavy atom. The minimum absolute atomic E-state index is 0.886. The summed E-state index contributed by atoms with van der Waals surface area (Å²) in [5.74, 6) is 1.88. The van der Waals surface area contributed by atoms with Gasteiger partial charge in [-0.15, -0.1) is 11.3 Å². The first-order chi connectivity index (χ1) is 9.92. The fourth-order valence-electron chi connectivity index (χ4n) is 1.61. The minimum atomic E-state index is 0.886. The lowest BCUT2D eigenvalue weighted by Gasteiger charge is -2.01. The van der Waals surface area contributed by atoms with Crippen molar-refractivity contribution in [1.82, 2.24) is 15.2 Å². The van der Waals surface area contributed by atoms with Crippen LogP contribution >= 0.6 is 42.8 Å². The highest BCUT2D eigenvalue weighted by atomic mass is 33.5. The molecule has 0 atom stereocenters. The van der Waals surface area contributed by atoms with E-state index in [-0.39, 0.29) is 0 Å². The topological polar surface area (TPSA) is 38.7 Å². The van der Waals surface area contributed by atoms with Crippen molar-refractivity contribution in [1.29, 1.82) is 0 Å². The molecule has 0 saturated heterocycles. The van der Waals surface area contributed by atoms with Gasteiger partial charge in [0.05, 0.1) is 21.4 Å². The Kier molecular flexibility index (Phi) is 5.18. The third kappa shape index (κ3) is 3.88. The van der Waals surface area contributed by atoms with E-state index in [2.05, 4.69) is 33.4 Å². The van der Waals surface area contributed by atoms with Crippen LogP contribution in [0.15, 0.2) is 42.0 Å². The van der Waals surface area contributed by atoms with Crippen LogP contribution in [0, 0.1) is 0 Å². The maximum Gasteiger partial charge on any atom is 0.0815 e. The van der Waals surface area contributed by atoms with Crippen LogP contribution in [-0.4, -0.2) is 15.2 Å². The third-order valence-electron chi connectivity index (χ3n) is 2.55. The standard InChI is InChI=1S/C13H11N3S4/c1-2-11(16-15-5-1)8-19-20-18-7-10-3-4-13-12(6-10)14-9-17-13/h1-6,9H,7-8H2. The first-order valence-corrected chi connectivity index (χ1v) is 10.6. The van der Waals surface area contributed by atoms with Crippen molar-refractivity contribution in [3.8, 4) is 0 Å². The molecule has 0 amide bonds. The first-order valence-electron chi connectivity index (χ1n) is 5.91. The quantitative estimate of drug-likeness (QED) is 0.474. The zero-order valence-corrected chi connectivity index (χ0v) is 13.7. The lowest BCUT2D eigenvalue weighted by atomic mass is 10.2. The molecule has 0 aliphatic rings. The predicted molar refractivity (Wildman–Crippen MR) is 91.8 cm³/mol. The molecule has 0 bridgehead atoms. The molecule has 7 heteroatoms. The molecule has 2 aromatic heterocycles. The molecule has 1 aromatic carbocycles. The summed E-state index contributed by atoms with van der Waals surface area (Å²) in [4.78, 5) is 4.35. The SMILES string of the molecule is c1cnnc(CSSSCc2ccc3scnc3c2)c1. The number of thiazole rings is 1. The Bertz CT molecular complexity index is 671. The lowest BCUT2D eigenvalue weighted by Crippen LogP contribution is -1.86. The molecule has 0 saturated carbocycles. The largest absolute Gasteiger partial charge is 0.245 e. The van der Waals surface area contributed by atoms with Crippen LogP contribution in [0.3, 0.4) is 0 Å². The highest BCUT2D eigenvalue weighted by Crippen LogP contribution is 2.38. The van der Waals surface area contributed by atoms with Gasteiger partial charge in [0.2, 0.25) is 0 Å². The van der Waals surface area contributed by atoms with Gasteiger partial charge in [-0.25, -0.2) is 4.98 Å². The monoisotopic (exact) mass is 337 g/mol. The second kappa shape index (κ2) is 7.31. The van der Waals surface area contributed by atoms with Crippen molar-refractivity contribution in [2.75, 3.05) is 0 Å². The molecule has 3 aromatic rings. The summed E-state index contributed by atoms with van der Waals surface area (Å²) in [5.41, 5.74) is 5.34. The van der Waals surface area contributed by atoms with Crippen LogP contribution in [-0.2, 0) is 11.5 Å². The van der Waals surface area contributed by atoms with E-state index in [0.29, 0.717) is 0 Å². The molecule has 3 rings (SSSR count). The fourth-order valence-corrected chi connectivity index (χ4v) is 5.77. The number of hydrogen-bond acceptors (Lipinski definition) is 7. The summed E-state index contributed by atoms with van der Waals surface area (Å²) in [6.07, 6.45) is 1.70. The fraction of sp³-hybridized carbons (Fsp3) is 0.154. The molecular weight excluding hydrogens is 326 g/mol. The molecule has 0 aliphatic heterocycles. The van der Waals surface area contributed by atoms with E-state index in [1.54, 1.807) is 38.2 Å². The highest BCUT2D eigenvalue weighted by molar-refractivity contribution is 9.09. The van der Waals surface area contributed by atoms with Crippen LogP contribution in [0.2, 0.25) is 0 Å². The normalized spacial score (nSPS) is 11.0. The van der Waals surface area contributed by atoms with Gasteiger partial charge in [0.15, 0.2) is 0 Å². The van der Waals surface area contributed by atoms with Crippen LogP contribution in [0.5, 0.6) is 0 Å². The number of aromatic nitrogens is 3. The summed E-state index contributed by atoms with van der Waals surface area (Å²) >= 11 is 1.69. The van der Waals surface area contributed by atoms with Gasteiger partial charge in [0.1, 0.15) is 0 Å². The second-order valence-corrected chi connectivity index (χ2v) is 9.08. The van der Waals surface area contributed by atoms with Gasteiger partial charge in [-0.3, -0.25) is 0 Å². The van der Waals surface area contributed by atoms with Crippen molar-refractivity contribution in [3.05, 3.63) is 53.3 Å². The Balaban J connectivity index is 1.43. The molecule has 0 spiro atoms. The summed E-state index contributed by atoms with van der Waals surface area (Å²) in [7, 11) is 5.44. The lowest BCUT2D eigenvalue weighted by molar-refractivity contribution is 0.972. The van der Waals surface area contributed by atoms with Crippen LogP contribution in [0.1, 0.15) is 11.3 Å². The molecule has 0 fully saturated rings. The number of rotatable bonds is 6. The van der Waals surface area contributed by atoms with Crippen LogP contribution in [0.25, 0.3) is 10.2 Å². The maximum atomic E-state index is 4.35. The molecular formula is C13H11N3S4. The molecule has 0 unspecified atom stereocenters. The third-order valence-corrected chi connectivity index (χ3v) is 7.43. The first kappa shape index (κ1) is 14.2. The summed E-state index contributed by atoms with van der Waals surface area (Å²) in [6, 6.07) is 10.4. The second-order valence-electron chi connectivity index (χ2n) is 3.96. The van der Waals surface area contributed by atoms with E-state index in [0.717, 1.165) is 22.7 Å². The molecule has 0 radical (unpaired) electrons. The zero-order valence-electron chi connectivity index (χ0n) is 10.4. The van der Waals surface area contributed by atoms with E-state index in [4.69, 9.17) is 0 Å². The van der Waals surface area contributed by atoms with Gasteiger partial charge in [0.25, 0.3) is 0 Å². The molecule has 20 heavy (non-hydrogen) atoms. The average Bonchev–Trinajstić information content (AvgIpc) is 2.95. The van der Waals surface area contributed by atoms with Crippen LogP contribution < -0.4 is 0 Å². The molecule has 0 aliphatic carbocycles. The predicted octanol–water partition coefficient (Wildman–Crippen LogP) is 4.82. The van der Waals surface area contributed by atoms with Crippen LogP contribution in [0.4, 0.5) is 0 Å². The van der Waals surface area contributed by atoms with Gasteiger partial charge in [-0.2, -0.15) is 10.2 Å². The van der Waals surface area contributed by atoms with E-state index in [1.807, 2.05) is 28.4 Å². The Morgan fingerprint density at radius 2 is 2.05 bits per heavy atom. The Hall–Kier alpha value is -0.760. The van der Waals surface area contributed by atoms with Crippen molar-refractivity contribution >= 4 is 53.0 Å². The Morgan fingerprint density at radius 1 is 1.10 bits per heavy atom. The molecule has 3 nitrogen and oxygen atoms in total. The van der Waals surface area contributed by atoms with Gasteiger partial charge >= 0.3 is 0 Å². The number of fused-ring (bicyclic) bond motifs is 1. The summed E-state index contributed by atoms with van der Waals surface area (Å²) < 4.78 is 1.25. The maximum absolute atomic E-state index is 4.35. The molecule has 102 valence electrons. The summed E-state index contributed by atoms with van der Waals surface area (Å²) in [5, 5.41) is 7.93. The van der Waals surface area contributed by atoms with Gasteiger partial charge < -0.3 is 0 Å². The number of nitrogens with zero attached hydrogens (tertiary/aromatic N) is 3. The van der Waals surface area contributed by atoms with E-state index >= 15 is 0 Å². The summed E-state index contributed by atoms with van der Waals surface area (Å²) in [6.45, 7) is 0. The zero-order chi connectivity index (χ0) is 13.6. The van der Waals surface area contributed by atoms with Crippen molar-refractivity contribution in [2.24, 2.45) is 0 Å². The number of benzene rings is 1. The van der Waals surface area contributed by atoms with E-state index in [1.165, 1.54) is 10.3 Å². The van der Waals surface area contributed by atoms with Crippen molar-refractivity contribution in [2.45, 2.75) is 11.5 Å². The molecule has 2 heterocycles.